The maximum absolute atomic E-state index is 6.11. The Bertz CT molecular complexity index is 771. The maximum Gasteiger partial charge on any atom is 0.152 e. The smallest absolute Gasteiger partial charge is 0.152 e. The second kappa shape index (κ2) is 4.75. The summed E-state index contributed by atoms with van der Waals surface area (Å²) in [5.41, 5.74) is 9.22. The zero-order valence-electron chi connectivity index (χ0n) is 12.2. The molecule has 104 valence electrons. The Morgan fingerprint density at radius 2 is 1.85 bits per heavy atom. The van der Waals surface area contributed by atoms with Gasteiger partial charge in [-0.1, -0.05) is 18.2 Å². The number of anilines is 1. The lowest BCUT2D eigenvalue weighted by molar-refractivity contribution is 0.346. The fraction of sp³-hybridized carbons (Fsp3) is 0.294. The molecule has 0 aliphatic carbocycles. The van der Waals surface area contributed by atoms with Gasteiger partial charge in [0, 0.05) is 16.9 Å². The van der Waals surface area contributed by atoms with Crippen LogP contribution in [0.2, 0.25) is 0 Å². The van der Waals surface area contributed by atoms with Gasteiger partial charge in [0.05, 0.1) is 23.2 Å². The molecule has 0 saturated heterocycles. The zero-order chi connectivity index (χ0) is 14.3. The lowest BCUT2D eigenvalue weighted by Crippen LogP contribution is -2.01. The van der Waals surface area contributed by atoms with E-state index in [1.165, 1.54) is 16.4 Å². The molecule has 20 heavy (non-hydrogen) atoms. The van der Waals surface area contributed by atoms with Crippen molar-refractivity contribution in [3.05, 3.63) is 36.4 Å². The number of hydrogen-bond donors (Lipinski definition) is 1. The molecule has 0 aliphatic heterocycles. The number of fused-ring (bicyclic) bond motifs is 3. The minimum Gasteiger partial charge on any atom is -0.491 e. The number of aromatic nitrogens is 1. The van der Waals surface area contributed by atoms with Crippen molar-refractivity contribution in [3.8, 4) is 5.75 Å². The van der Waals surface area contributed by atoms with Crippen LogP contribution in [-0.4, -0.2) is 11.2 Å². The summed E-state index contributed by atoms with van der Waals surface area (Å²) in [5.74, 6) is 0.806. The summed E-state index contributed by atoms with van der Waals surface area (Å²) in [5, 5.41) is 2.32. The molecule has 0 unspecified atom stereocenters. The molecule has 3 nitrogen and oxygen atoms in total. The van der Waals surface area contributed by atoms with E-state index >= 15 is 0 Å². The van der Waals surface area contributed by atoms with Gasteiger partial charge < -0.3 is 15.0 Å². The van der Waals surface area contributed by atoms with E-state index < -0.39 is 0 Å². The monoisotopic (exact) mass is 268 g/mol. The van der Waals surface area contributed by atoms with Crippen molar-refractivity contribution >= 4 is 27.5 Å². The average molecular weight is 268 g/mol. The van der Waals surface area contributed by atoms with Gasteiger partial charge in [0.25, 0.3) is 0 Å². The van der Waals surface area contributed by atoms with Gasteiger partial charge in [0.1, 0.15) is 0 Å². The second-order valence-corrected chi connectivity index (χ2v) is 5.29. The van der Waals surface area contributed by atoms with Gasteiger partial charge in [0.2, 0.25) is 0 Å². The van der Waals surface area contributed by atoms with E-state index in [0.717, 1.165) is 11.1 Å². The molecule has 0 aliphatic rings. The van der Waals surface area contributed by atoms with Crippen molar-refractivity contribution in [2.45, 2.75) is 26.8 Å². The first-order valence-electron chi connectivity index (χ1n) is 7.09. The van der Waals surface area contributed by atoms with Gasteiger partial charge in [-0.05, 0) is 39.0 Å². The number of para-hydroxylation sites is 1. The zero-order valence-corrected chi connectivity index (χ0v) is 12.2. The minimum atomic E-state index is 0.385. The molecule has 3 rings (SSSR count). The van der Waals surface area contributed by atoms with E-state index in [1.807, 2.05) is 13.0 Å². The van der Waals surface area contributed by atoms with E-state index in [9.17, 15) is 0 Å². The van der Waals surface area contributed by atoms with Crippen LogP contribution < -0.4 is 10.5 Å². The molecule has 0 radical (unpaired) electrons. The van der Waals surface area contributed by atoms with Gasteiger partial charge >= 0.3 is 0 Å². The lowest BCUT2D eigenvalue weighted by atomic mass is 10.1. The van der Waals surface area contributed by atoms with E-state index in [1.54, 1.807) is 0 Å². The molecule has 0 bridgehead atoms. The van der Waals surface area contributed by atoms with Gasteiger partial charge in [-0.2, -0.15) is 0 Å². The predicted molar refractivity (Wildman–Crippen MR) is 85.4 cm³/mol. The molecule has 2 N–H and O–H groups in total. The molecule has 0 spiro atoms. The van der Waals surface area contributed by atoms with Crippen molar-refractivity contribution in [2.24, 2.45) is 0 Å². The van der Waals surface area contributed by atoms with Crippen LogP contribution in [0.4, 0.5) is 5.69 Å². The third kappa shape index (κ3) is 1.73. The highest BCUT2D eigenvalue weighted by atomic mass is 16.5. The number of ether oxygens (including phenoxy) is 1. The Morgan fingerprint density at radius 3 is 2.55 bits per heavy atom. The van der Waals surface area contributed by atoms with Gasteiger partial charge in [-0.25, -0.2) is 0 Å². The topological polar surface area (TPSA) is 40.2 Å². The Morgan fingerprint density at radius 1 is 1.10 bits per heavy atom. The Hall–Kier alpha value is -2.16. The number of nitrogen functional groups attached to an aromatic ring is 1. The van der Waals surface area contributed by atoms with Crippen LogP contribution in [0.25, 0.3) is 21.8 Å². The molecular formula is C17H20N2O. The molecular weight excluding hydrogens is 248 g/mol. The molecule has 0 fully saturated rings. The quantitative estimate of drug-likeness (QED) is 0.717. The molecule has 3 heteroatoms. The van der Waals surface area contributed by atoms with Crippen LogP contribution >= 0.6 is 0 Å². The first kappa shape index (κ1) is 12.9. The number of rotatable bonds is 3. The van der Waals surface area contributed by atoms with Crippen LogP contribution in [0, 0.1) is 0 Å². The van der Waals surface area contributed by atoms with E-state index in [2.05, 4.69) is 48.7 Å². The van der Waals surface area contributed by atoms with Crippen molar-refractivity contribution < 1.29 is 4.74 Å². The van der Waals surface area contributed by atoms with Gasteiger partial charge in [-0.15, -0.1) is 0 Å². The predicted octanol–water partition coefficient (Wildman–Crippen LogP) is 4.36. The van der Waals surface area contributed by atoms with Crippen molar-refractivity contribution in [3.63, 3.8) is 0 Å². The number of nitrogens with zero attached hydrogens (tertiary/aromatic N) is 1. The molecule has 2 aromatic carbocycles. The molecule has 3 aromatic rings. The first-order valence-corrected chi connectivity index (χ1v) is 7.09. The lowest BCUT2D eigenvalue weighted by Gasteiger charge is -2.13. The highest BCUT2D eigenvalue weighted by molar-refractivity contribution is 6.13. The molecule has 0 saturated carbocycles. The average Bonchev–Trinajstić information content (AvgIpc) is 2.76. The molecule has 0 atom stereocenters. The number of hydrogen-bond acceptors (Lipinski definition) is 2. The third-order valence-corrected chi connectivity index (χ3v) is 3.66. The summed E-state index contributed by atoms with van der Waals surface area (Å²) in [4.78, 5) is 0. The van der Waals surface area contributed by atoms with Crippen molar-refractivity contribution in [1.29, 1.82) is 0 Å². The van der Waals surface area contributed by atoms with Gasteiger partial charge in [-0.3, -0.25) is 0 Å². The normalized spacial score (nSPS) is 11.6. The van der Waals surface area contributed by atoms with E-state index in [4.69, 9.17) is 10.5 Å². The Labute approximate surface area is 118 Å². The van der Waals surface area contributed by atoms with Crippen LogP contribution in [0.3, 0.4) is 0 Å². The summed E-state index contributed by atoms with van der Waals surface area (Å²) in [7, 11) is 0. The number of benzene rings is 2. The van der Waals surface area contributed by atoms with Crippen LogP contribution in [0.1, 0.15) is 26.8 Å². The highest BCUT2D eigenvalue weighted by Gasteiger charge is 2.17. The van der Waals surface area contributed by atoms with Gasteiger partial charge in [0.15, 0.2) is 5.75 Å². The molecule has 1 aromatic heterocycles. The summed E-state index contributed by atoms with van der Waals surface area (Å²) < 4.78 is 8.15. The van der Waals surface area contributed by atoms with Crippen LogP contribution in [0.5, 0.6) is 5.75 Å². The van der Waals surface area contributed by atoms with Crippen molar-refractivity contribution in [2.75, 3.05) is 12.3 Å². The summed E-state index contributed by atoms with van der Waals surface area (Å²) in [6.07, 6.45) is 0. The molecule has 0 amide bonds. The summed E-state index contributed by atoms with van der Waals surface area (Å²) in [6, 6.07) is 12.8. The Kier molecular flexibility index (Phi) is 3.05. The summed E-state index contributed by atoms with van der Waals surface area (Å²) >= 11 is 0. The second-order valence-electron chi connectivity index (χ2n) is 5.29. The standard InChI is InChI=1S/C17H20N2O/c1-4-20-17-13(18)9-10-15-16(17)12-7-5-6-8-14(12)19(15)11(2)3/h5-11H,4,18H2,1-3H3. The highest BCUT2D eigenvalue weighted by Crippen LogP contribution is 2.40. The fourth-order valence-electron chi connectivity index (χ4n) is 2.93. The SMILES string of the molecule is CCOc1c(N)ccc2c1c1ccccc1n2C(C)C. The Balaban J connectivity index is 2.52. The van der Waals surface area contributed by atoms with E-state index in [-0.39, 0.29) is 0 Å². The first-order chi connectivity index (χ1) is 9.65. The van der Waals surface area contributed by atoms with Crippen LogP contribution in [0.15, 0.2) is 36.4 Å². The largest absolute Gasteiger partial charge is 0.491 e. The third-order valence-electron chi connectivity index (χ3n) is 3.66. The fourth-order valence-corrected chi connectivity index (χ4v) is 2.93. The van der Waals surface area contributed by atoms with Crippen LogP contribution in [-0.2, 0) is 0 Å². The van der Waals surface area contributed by atoms with Crippen molar-refractivity contribution in [1.82, 2.24) is 4.57 Å². The maximum atomic E-state index is 6.11. The summed E-state index contributed by atoms with van der Waals surface area (Å²) in [6.45, 7) is 7.00. The molecule has 1 heterocycles. The number of nitrogens with two attached hydrogens (primary N) is 1. The van der Waals surface area contributed by atoms with E-state index in [0.29, 0.717) is 18.3 Å². The minimum absolute atomic E-state index is 0.385.